The molecule has 2 aromatic rings. The number of methoxy groups -OCH3 is 1. The van der Waals surface area contributed by atoms with E-state index >= 15 is 0 Å². The topological polar surface area (TPSA) is 62.3 Å². The van der Waals surface area contributed by atoms with E-state index < -0.39 is 11.4 Å². The van der Waals surface area contributed by atoms with Crippen LogP contribution in [0.25, 0.3) is 10.9 Å². The molecule has 0 aliphatic rings. The Labute approximate surface area is 118 Å². The molecule has 108 valence electrons. The van der Waals surface area contributed by atoms with Gasteiger partial charge in [0.15, 0.2) is 0 Å². The molecule has 0 bridgehead atoms. The van der Waals surface area contributed by atoms with Gasteiger partial charge in [-0.1, -0.05) is 13.8 Å². The van der Waals surface area contributed by atoms with Crippen LogP contribution >= 0.6 is 0 Å². The standard InChI is InChI=1S/C16H21NO3/c1-9-6-11(20-5)7-12-14(10(2)17-15(9)12)16(3,4)8-13(18)19/h6-7,17H,8H2,1-5H3,(H,18,19). The van der Waals surface area contributed by atoms with E-state index in [1.807, 2.05) is 39.8 Å². The lowest BCUT2D eigenvalue weighted by atomic mass is 9.80. The highest BCUT2D eigenvalue weighted by Crippen LogP contribution is 2.38. The monoisotopic (exact) mass is 275 g/mol. The lowest BCUT2D eigenvalue weighted by Crippen LogP contribution is -2.22. The molecule has 1 aromatic heterocycles. The summed E-state index contributed by atoms with van der Waals surface area (Å²) in [5, 5.41) is 10.2. The molecule has 2 N–H and O–H groups in total. The molecule has 1 heterocycles. The summed E-state index contributed by atoms with van der Waals surface area (Å²) in [5.74, 6) is 0.00439. The largest absolute Gasteiger partial charge is 0.497 e. The van der Waals surface area contributed by atoms with Crippen LogP contribution in [0.15, 0.2) is 12.1 Å². The molecule has 2 rings (SSSR count). The molecular formula is C16H21NO3. The van der Waals surface area contributed by atoms with Gasteiger partial charge in [0.1, 0.15) is 5.75 Å². The van der Waals surface area contributed by atoms with E-state index in [0.29, 0.717) is 0 Å². The van der Waals surface area contributed by atoms with Crippen LogP contribution in [-0.4, -0.2) is 23.2 Å². The van der Waals surface area contributed by atoms with Crippen molar-refractivity contribution in [3.05, 3.63) is 29.0 Å². The van der Waals surface area contributed by atoms with Gasteiger partial charge in [0.2, 0.25) is 0 Å². The Bertz CT molecular complexity index is 668. The molecule has 0 amide bonds. The smallest absolute Gasteiger partial charge is 0.304 e. The Morgan fingerprint density at radius 3 is 2.55 bits per heavy atom. The lowest BCUT2D eigenvalue weighted by molar-refractivity contribution is -0.138. The van der Waals surface area contributed by atoms with Crippen molar-refractivity contribution in [3.8, 4) is 5.75 Å². The Morgan fingerprint density at radius 1 is 1.35 bits per heavy atom. The Hall–Kier alpha value is -1.97. The van der Waals surface area contributed by atoms with E-state index in [2.05, 4.69) is 4.98 Å². The van der Waals surface area contributed by atoms with Crippen LogP contribution in [0.3, 0.4) is 0 Å². The zero-order chi connectivity index (χ0) is 15.1. The van der Waals surface area contributed by atoms with Crippen LogP contribution in [-0.2, 0) is 10.2 Å². The van der Waals surface area contributed by atoms with Gasteiger partial charge in [-0.05, 0) is 37.1 Å². The fraction of sp³-hybridized carbons (Fsp3) is 0.438. The molecule has 20 heavy (non-hydrogen) atoms. The van der Waals surface area contributed by atoms with Crippen molar-refractivity contribution in [3.63, 3.8) is 0 Å². The van der Waals surface area contributed by atoms with E-state index in [1.165, 1.54) is 0 Å². The van der Waals surface area contributed by atoms with Gasteiger partial charge in [0.25, 0.3) is 0 Å². The van der Waals surface area contributed by atoms with Gasteiger partial charge in [-0.15, -0.1) is 0 Å². The minimum atomic E-state index is -0.789. The van der Waals surface area contributed by atoms with Crippen molar-refractivity contribution in [1.82, 2.24) is 4.98 Å². The molecular weight excluding hydrogens is 254 g/mol. The Balaban J connectivity index is 2.72. The molecule has 0 fully saturated rings. The summed E-state index contributed by atoms with van der Waals surface area (Å²) in [5.41, 5.74) is 3.78. The van der Waals surface area contributed by atoms with Crippen LogP contribution in [0.2, 0.25) is 0 Å². The highest BCUT2D eigenvalue weighted by atomic mass is 16.5. The molecule has 0 aliphatic heterocycles. The summed E-state index contributed by atoms with van der Waals surface area (Å²) < 4.78 is 5.33. The predicted octanol–water partition coefficient (Wildman–Crippen LogP) is 3.55. The number of aryl methyl sites for hydroxylation is 2. The Morgan fingerprint density at radius 2 is 2.00 bits per heavy atom. The molecule has 0 unspecified atom stereocenters. The van der Waals surface area contributed by atoms with Gasteiger partial charge in [0, 0.05) is 22.0 Å². The molecule has 0 atom stereocenters. The van der Waals surface area contributed by atoms with Crippen LogP contribution in [0.1, 0.15) is 37.1 Å². The van der Waals surface area contributed by atoms with Crippen LogP contribution < -0.4 is 4.74 Å². The second kappa shape index (κ2) is 4.85. The average Bonchev–Trinajstić information content (AvgIpc) is 2.64. The summed E-state index contributed by atoms with van der Waals surface area (Å²) in [6.45, 7) is 7.94. The van der Waals surface area contributed by atoms with E-state index in [4.69, 9.17) is 9.84 Å². The number of aromatic nitrogens is 1. The van der Waals surface area contributed by atoms with Crippen molar-refractivity contribution in [1.29, 1.82) is 0 Å². The molecule has 1 aromatic carbocycles. The molecule has 4 heteroatoms. The zero-order valence-corrected chi connectivity index (χ0v) is 12.6. The van der Waals surface area contributed by atoms with Gasteiger partial charge in [-0.2, -0.15) is 0 Å². The summed E-state index contributed by atoms with van der Waals surface area (Å²) in [4.78, 5) is 14.5. The molecule has 0 spiro atoms. The molecule has 0 radical (unpaired) electrons. The van der Waals surface area contributed by atoms with Gasteiger partial charge < -0.3 is 14.8 Å². The van der Waals surface area contributed by atoms with Crippen molar-refractivity contribution in [2.75, 3.05) is 7.11 Å². The first kappa shape index (κ1) is 14.4. The number of aliphatic carboxylic acids is 1. The number of ether oxygens (including phenoxy) is 1. The van der Waals surface area contributed by atoms with Crippen LogP contribution in [0, 0.1) is 13.8 Å². The fourth-order valence-corrected chi connectivity index (χ4v) is 3.03. The number of hydrogen-bond acceptors (Lipinski definition) is 2. The number of fused-ring (bicyclic) bond motifs is 1. The van der Waals surface area contributed by atoms with Gasteiger partial charge in [0.05, 0.1) is 13.5 Å². The molecule has 0 saturated heterocycles. The van der Waals surface area contributed by atoms with Crippen molar-refractivity contribution >= 4 is 16.9 Å². The third-order valence-corrected chi connectivity index (χ3v) is 3.77. The number of H-pyrrole nitrogens is 1. The molecule has 0 saturated carbocycles. The van der Waals surface area contributed by atoms with Crippen molar-refractivity contribution < 1.29 is 14.6 Å². The number of carboxylic acids is 1. The number of hydrogen-bond donors (Lipinski definition) is 2. The molecule has 4 nitrogen and oxygen atoms in total. The van der Waals surface area contributed by atoms with E-state index in [9.17, 15) is 4.79 Å². The molecule has 0 aliphatic carbocycles. The second-order valence-corrected chi connectivity index (χ2v) is 5.95. The zero-order valence-electron chi connectivity index (χ0n) is 12.6. The number of benzene rings is 1. The van der Waals surface area contributed by atoms with Crippen LogP contribution in [0.5, 0.6) is 5.75 Å². The minimum absolute atomic E-state index is 0.0943. The summed E-state index contributed by atoms with van der Waals surface area (Å²) >= 11 is 0. The SMILES string of the molecule is COc1cc(C)c2[nH]c(C)c(C(C)(C)CC(=O)O)c2c1. The van der Waals surface area contributed by atoms with E-state index in [0.717, 1.165) is 33.5 Å². The third-order valence-electron chi connectivity index (χ3n) is 3.77. The second-order valence-electron chi connectivity index (χ2n) is 5.95. The highest BCUT2D eigenvalue weighted by molar-refractivity contribution is 5.90. The highest BCUT2D eigenvalue weighted by Gasteiger charge is 2.29. The fourth-order valence-electron chi connectivity index (χ4n) is 3.03. The quantitative estimate of drug-likeness (QED) is 0.897. The minimum Gasteiger partial charge on any atom is -0.497 e. The average molecular weight is 275 g/mol. The van der Waals surface area contributed by atoms with Gasteiger partial charge in [-0.25, -0.2) is 0 Å². The predicted molar refractivity (Wildman–Crippen MR) is 79.6 cm³/mol. The first-order valence-corrected chi connectivity index (χ1v) is 6.65. The summed E-state index contributed by atoms with van der Waals surface area (Å²) in [6.07, 6.45) is 0.0943. The number of rotatable bonds is 4. The van der Waals surface area contributed by atoms with E-state index in [-0.39, 0.29) is 6.42 Å². The Kier molecular flexibility index (Phi) is 3.50. The maximum Gasteiger partial charge on any atom is 0.304 e. The first-order chi connectivity index (χ1) is 9.26. The van der Waals surface area contributed by atoms with Gasteiger partial charge >= 0.3 is 5.97 Å². The van der Waals surface area contributed by atoms with Crippen molar-refractivity contribution in [2.45, 2.75) is 39.5 Å². The van der Waals surface area contributed by atoms with E-state index in [1.54, 1.807) is 7.11 Å². The number of carboxylic acid groups (broad SMARTS) is 1. The maximum atomic E-state index is 11.1. The normalized spacial score (nSPS) is 11.8. The van der Waals surface area contributed by atoms with Crippen LogP contribution in [0.4, 0.5) is 0 Å². The van der Waals surface area contributed by atoms with Crippen molar-refractivity contribution in [2.24, 2.45) is 0 Å². The van der Waals surface area contributed by atoms with Gasteiger partial charge in [-0.3, -0.25) is 4.79 Å². The number of carbonyl (C=O) groups is 1. The summed E-state index contributed by atoms with van der Waals surface area (Å²) in [6, 6.07) is 3.96. The third kappa shape index (κ3) is 2.38. The first-order valence-electron chi connectivity index (χ1n) is 6.65. The number of nitrogens with one attached hydrogen (secondary N) is 1. The number of aromatic amines is 1. The lowest BCUT2D eigenvalue weighted by Gasteiger charge is -2.23. The maximum absolute atomic E-state index is 11.1. The summed E-state index contributed by atoms with van der Waals surface area (Å²) in [7, 11) is 1.64.